The van der Waals surface area contributed by atoms with Gasteiger partial charge in [0.15, 0.2) is 9.84 Å². The maximum atomic E-state index is 11.8. The van der Waals surface area contributed by atoms with Crippen LogP contribution in [0.4, 0.5) is 5.69 Å². The summed E-state index contributed by atoms with van der Waals surface area (Å²) in [5.74, 6) is 0. The lowest BCUT2D eigenvalue weighted by Gasteiger charge is -2.12. The second-order valence-electron chi connectivity index (χ2n) is 4.35. The van der Waals surface area contributed by atoms with Gasteiger partial charge in [-0.25, -0.2) is 8.42 Å². The van der Waals surface area contributed by atoms with Crippen LogP contribution in [-0.2, 0) is 16.4 Å². The van der Waals surface area contributed by atoms with E-state index < -0.39 is 9.84 Å². The molecule has 0 aliphatic heterocycles. The average Bonchev–Trinajstić information content (AvgIpc) is 2.38. The number of anilines is 1. The fourth-order valence-electron chi connectivity index (χ4n) is 1.82. The normalized spacial score (nSPS) is 11.3. The van der Waals surface area contributed by atoms with Gasteiger partial charge in [0, 0.05) is 33.5 Å². The molecule has 0 bridgehead atoms. The van der Waals surface area contributed by atoms with Crippen molar-refractivity contribution in [1.82, 2.24) is 0 Å². The molecule has 0 amide bonds. The summed E-state index contributed by atoms with van der Waals surface area (Å²) in [6, 6.07) is 12.5. The van der Waals surface area contributed by atoms with E-state index in [1.807, 2.05) is 24.3 Å². The van der Waals surface area contributed by atoms with Gasteiger partial charge < -0.3 is 5.32 Å². The van der Waals surface area contributed by atoms with Crippen molar-refractivity contribution in [2.45, 2.75) is 11.4 Å². The molecule has 0 aromatic heterocycles. The average molecular weight is 375 g/mol. The van der Waals surface area contributed by atoms with Crippen LogP contribution in [0.5, 0.6) is 0 Å². The standard InChI is InChI=1S/C14H13BrClNO2S/c1-20(18,19)14-4-2-3-13(16)12(14)9-17-11-7-5-10(15)6-8-11/h2-8,17H,9H2,1H3. The van der Waals surface area contributed by atoms with E-state index in [1.165, 1.54) is 6.26 Å². The molecule has 0 radical (unpaired) electrons. The molecule has 2 aromatic rings. The van der Waals surface area contributed by atoms with E-state index in [0.717, 1.165) is 10.2 Å². The van der Waals surface area contributed by atoms with Gasteiger partial charge in [0.05, 0.1) is 4.90 Å². The van der Waals surface area contributed by atoms with Gasteiger partial charge >= 0.3 is 0 Å². The van der Waals surface area contributed by atoms with Crippen molar-refractivity contribution in [2.24, 2.45) is 0 Å². The van der Waals surface area contributed by atoms with Gasteiger partial charge in [-0.05, 0) is 36.4 Å². The molecule has 0 saturated heterocycles. The lowest BCUT2D eigenvalue weighted by molar-refractivity contribution is 0.601. The van der Waals surface area contributed by atoms with Gasteiger partial charge in [-0.15, -0.1) is 0 Å². The molecule has 0 aliphatic carbocycles. The summed E-state index contributed by atoms with van der Waals surface area (Å²) in [4.78, 5) is 0.259. The molecular weight excluding hydrogens is 362 g/mol. The Bertz CT molecular complexity index is 714. The number of rotatable bonds is 4. The van der Waals surface area contributed by atoms with Crippen LogP contribution in [0, 0.1) is 0 Å². The minimum Gasteiger partial charge on any atom is -0.381 e. The predicted octanol–water partition coefficient (Wildman–Crippen LogP) is 4.12. The molecule has 106 valence electrons. The third-order valence-corrected chi connectivity index (χ3v) is 4.85. The smallest absolute Gasteiger partial charge is 0.175 e. The summed E-state index contributed by atoms with van der Waals surface area (Å²) in [6.45, 7) is 0.351. The monoisotopic (exact) mass is 373 g/mol. The quantitative estimate of drug-likeness (QED) is 0.875. The highest BCUT2D eigenvalue weighted by Crippen LogP contribution is 2.25. The molecule has 0 fully saturated rings. The van der Waals surface area contributed by atoms with Crippen LogP contribution in [0.1, 0.15) is 5.56 Å². The van der Waals surface area contributed by atoms with Crippen molar-refractivity contribution >= 4 is 43.1 Å². The van der Waals surface area contributed by atoms with Crippen LogP contribution in [0.15, 0.2) is 51.8 Å². The summed E-state index contributed by atoms with van der Waals surface area (Å²) >= 11 is 9.48. The molecule has 2 aromatic carbocycles. The van der Waals surface area contributed by atoms with Gasteiger partial charge in [0.1, 0.15) is 0 Å². The first-order valence-corrected chi connectivity index (χ1v) is 8.91. The molecular formula is C14H13BrClNO2S. The lowest BCUT2D eigenvalue weighted by atomic mass is 10.2. The van der Waals surface area contributed by atoms with Gasteiger partial charge in [-0.2, -0.15) is 0 Å². The molecule has 1 N–H and O–H groups in total. The first-order valence-electron chi connectivity index (χ1n) is 5.85. The van der Waals surface area contributed by atoms with Crippen LogP contribution in [-0.4, -0.2) is 14.7 Å². The van der Waals surface area contributed by atoms with Gasteiger partial charge in [-0.1, -0.05) is 33.6 Å². The van der Waals surface area contributed by atoms with Crippen LogP contribution in [0.25, 0.3) is 0 Å². The zero-order chi connectivity index (χ0) is 14.8. The second kappa shape index (κ2) is 6.16. The number of hydrogen-bond donors (Lipinski definition) is 1. The number of nitrogens with one attached hydrogen (secondary N) is 1. The topological polar surface area (TPSA) is 46.2 Å². The maximum absolute atomic E-state index is 11.8. The highest BCUT2D eigenvalue weighted by atomic mass is 79.9. The highest BCUT2D eigenvalue weighted by Gasteiger charge is 2.15. The van der Waals surface area contributed by atoms with Crippen molar-refractivity contribution in [2.75, 3.05) is 11.6 Å². The maximum Gasteiger partial charge on any atom is 0.175 e. The molecule has 6 heteroatoms. The molecule has 20 heavy (non-hydrogen) atoms. The molecule has 0 aliphatic rings. The van der Waals surface area contributed by atoms with Gasteiger partial charge in [-0.3, -0.25) is 0 Å². The Balaban J connectivity index is 2.27. The molecule has 0 saturated carbocycles. The van der Waals surface area contributed by atoms with E-state index in [-0.39, 0.29) is 4.90 Å². The number of halogens is 2. The van der Waals surface area contributed by atoms with Crippen molar-refractivity contribution in [3.8, 4) is 0 Å². The third kappa shape index (κ3) is 3.75. The lowest BCUT2D eigenvalue weighted by Crippen LogP contribution is -2.07. The largest absolute Gasteiger partial charge is 0.381 e. The first-order chi connectivity index (χ1) is 9.38. The van der Waals surface area contributed by atoms with E-state index in [2.05, 4.69) is 21.2 Å². The molecule has 0 atom stereocenters. The minimum absolute atomic E-state index is 0.259. The van der Waals surface area contributed by atoms with Crippen molar-refractivity contribution in [1.29, 1.82) is 0 Å². The van der Waals surface area contributed by atoms with Crippen LogP contribution in [0.3, 0.4) is 0 Å². The van der Waals surface area contributed by atoms with Crippen molar-refractivity contribution in [3.63, 3.8) is 0 Å². The molecule has 0 spiro atoms. The summed E-state index contributed by atoms with van der Waals surface area (Å²) in [6.07, 6.45) is 1.18. The third-order valence-electron chi connectivity index (χ3n) is 2.79. The van der Waals surface area contributed by atoms with E-state index in [4.69, 9.17) is 11.6 Å². The van der Waals surface area contributed by atoms with Crippen LogP contribution < -0.4 is 5.32 Å². The number of benzene rings is 2. The Hall–Kier alpha value is -1.04. The Morgan fingerprint density at radius 1 is 1.15 bits per heavy atom. The minimum atomic E-state index is -3.30. The Labute approximate surface area is 132 Å². The fourth-order valence-corrected chi connectivity index (χ4v) is 3.33. The summed E-state index contributed by atoms with van der Waals surface area (Å²) in [5.41, 5.74) is 1.48. The summed E-state index contributed by atoms with van der Waals surface area (Å²) in [5, 5.41) is 3.61. The molecule has 3 nitrogen and oxygen atoms in total. The molecule has 2 rings (SSSR count). The summed E-state index contributed by atoms with van der Waals surface area (Å²) in [7, 11) is -3.30. The van der Waals surface area contributed by atoms with E-state index >= 15 is 0 Å². The molecule has 0 unspecified atom stereocenters. The van der Waals surface area contributed by atoms with Crippen molar-refractivity contribution in [3.05, 3.63) is 57.5 Å². The Morgan fingerprint density at radius 2 is 1.80 bits per heavy atom. The van der Waals surface area contributed by atoms with E-state index in [9.17, 15) is 8.42 Å². The summed E-state index contributed by atoms with van der Waals surface area (Å²) < 4.78 is 24.5. The second-order valence-corrected chi connectivity index (χ2v) is 7.66. The first kappa shape index (κ1) is 15.4. The fraction of sp³-hybridized carbons (Fsp3) is 0.143. The Kier molecular flexibility index (Phi) is 4.73. The number of hydrogen-bond acceptors (Lipinski definition) is 3. The zero-order valence-corrected chi connectivity index (χ0v) is 13.9. The van der Waals surface area contributed by atoms with Gasteiger partial charge in [0.25, 0.3) is 0 Å². The predicted molar refractivity (Wildman–Crippen MR) is 86.0 cm³/mol. The van der Waals surface area contributed by atoms with Gasteiger partial charge in [0.2, 0.25) is 0 Å². The van der Waals surface area contributed by atoms with Crippen LogP contribution >= 0.6 is 27.5 Å². The number of sulfone groups is 1. The Morgan fingerprint density at radius 3 is 2.40 bits per heavy atom. The zero-order valence-electron chi connectivity index (χ0n) is 10.7. The van der Waals surface area contributed by atoms with E-state index in [0.29, 0.717) is 17.1 Å². The highest BCUT2D eigenvalue weighted by molar-refractivity contribution is 9.10. The van der Waals surface area contributed by atoms with E-state index in [1.54, 1.807) is 18.2 Å². The molecule has 0 heterocycles. The van der Waals surface area contributed by atoms with Crippen LogP contribution in [0.2, 0.25) is 5.02 Å². The SMILES string of the molecule is CS(=O)(=O)c1cccc(Cl)c1CNc1ccc(Br)cc1. The van der Waals surface area contributed by atoms with Crippen molar-refractivity contribution < 1.29 is 8.42 Å².